The van der Waals surface area contributed by atoms with Gasteiger partial charge in [0.2, 0.25) is 5.28 Å². The number of thioether (sulfide) groups is 1. The number of amides is 1. The molecule has 1 aliphatic carbocycles. The molecule has 0 bridgehead atoms. The molecule has 7 heteroatoms. The van der Waals surface area contributed by atoms with Gasteiger partial charge in [0.25, 0.3) is 5.91 Å². The predicted molar refractivity (Wildman–Crippen MR) is 81.6 cm³/mol. The first-order valence-electron chi connectivity index (χ1n) is 6.88. The monoisotopic (exact) mass is 312 g/mol. The molecule has 1 N–H and O–H groups in total. The lowest BCUT2D eigenvalue weighted by Gasteiger charge is -2.27. The number of hydrogen-bond donors (Lipinski definition) is 1. The molecule has 1 amide bonds. The van der Waals surface area contributed by atoms with Crippen LogP contribution in [0.1, 0.15) is 23.3 Å². The molecular weight excluding hydrogens is 296 g/mol. The van der Waals surface area contributed by atoms with E-state index >= 15 is 0 Å². The third kappa shape index (κ3) is 3.55. The molecule has 108 valence electrons. The molecule has 1 aromatic rings. The molecule has 2 fully saturated rings. The van der Waals surface area contributed by atoms with Crippen LogP contribution < -0.4 is 10.2 Å². The van der Waals surface area contributed by atoms with Crippen LogP contribution >= 0.6 is 23.4 Å². The van der Waals surface area contributed by atoms with E-state index in [4.69, 9.17) is 11.6 Å². The summed E-state index contributed by atoms with van der Waals surface area (Å²) in [5.74, 6) is 3.39. The van der Waals surface area contributed by atoms with Gasteiger partial charge in [-0.05, 0) is 30.4 Å². The Morgan fingerprint density at radius 2 is 2.15 bits per heavy atom. The van der Waals surface area contributed by atoms with Gasteiger partial charge in [0.15, 0.2) is 0 Å². The highest BCUT2D eigenvalue weighted by molar-refractivity contribution is 7.99. The maximum absolute atomic E-state index is 12.1. The van der Waals surface area contributed by atoms with Crippen molar-refractivity contribution in [1.82, 2.24) is 15.3 Å². The largest absolute Gasteiger partial charge is 0.355 e. The number of aromatic nitrogens is 2. The first-order valence-corrected chi connectivity index (χ1v) is 8.41. The van der Waals surface area contributed by atoms with Crippen molar-refractivity contribution in [2.24, 2.45) is 5.92 Å². The Kier molecular flexibility index (Phi) is 4.31. The zero-order valence-electron chi connectivity index (χ0n) is 11.1. The molecule has 5 nitrogen and oxygen atoms in total. The number of carbonyl (C=O) groups excluding carboxylic acids is 1. The number of halogens is 1. The second kappa shape index (κ2) is 6.18. The van der Waals surface area contributed by atoms with Gasteiger partial charge in [-0.25, -0.2) is 9.97 Å². The van der Waals surface area contributed by atoms with Gasteiger partial charge in [-0.3, -0.25) is 4.79 Å². The van der Waals surface area contributed by atoms with Crippen LogP contribution in [0.15, 0.2) is 6.07 Å². The van der Waals surface area contributed by atoms with Crippen molar-refractivity contribution in [3.05, 3.63) is 17.0 Å². The van der Waals surface area contributed by atoms with Crippen molar-refractivity contribution >= 4 is 35.1 Å². The van der Waals surface area contributed by atoms with Crippen LogP contribution in [0.4, 0.5) is 5.82 Å². The van der Waals surface area contributed by atoms with E-state index in [1.54, 1.807) is 6.07 Å². The molecule has 20 heavy (non-hydrogen) atoms. The van der Waals surface area contributed by atoms with E-state index in [1.165, 1.54) is 12.8 Å². The van der Waals surface area contributed by atoms with Crippen molar-refractivity contribution in [2.45, 2.75) is 12.8 Å². The summed E-state index contributed by atoms with van der Waals surface area (Å²) in [6.45, 7) is 2.60. The van der Waals surface area contributed by atoms with Crippen LogP contribution in [0.5, 0.6) is 0 Å². The molecule has 3 rings (SSSR count). The van der Waals surface area contributed by atoms with Gasteiger partial charge in [0.1, 0.15) is 11.5 Å². The molecule has 0 spiro atoms. The molecule has 1 saturated carbocycles. The quantitative estimate of drug-likeness (QED) is 0.860. The fourth-order valence-corrected chi connectivity index (χ4v) is 3.21. The fraction of sp³-hybridized carbons (Fsp3) is 0.615. The van der Waals surface area contributed by atoms with Crippen LogP contribution in [-0.4, -0.2) is 47.0 Å². The van der Waals surface area contributed by atoms with Crippen LogP contribution in [0.25, 0.3) is 0 Å². The third-order valence-corrected chi connectivity index (χ3v) is 4.61. The average molecular weight is 313 g/mol. The Morgan fingerprint density at radius 3 is 2.85 bits per heavy atom. The summed E-state index contributed by atoms with van der Waals surface area (Å²) >= 11 is 7.88. The molecular formula is C13H17ClN4OS. The Bertz CT molecular complexity index is 503. The molecule has 1 aromatic heterocycles. The summed E-state index contributed by atoms with van der Waals surface area (Å²) in [6, 6.07) is 1.74. The minimum Gasteiger partial charge on any atom is -0.355 e. The van der Waals surface area contributed by atoms with Gasteiger partial charge < -0.3 is 10.2 Å². The molecule has 1 aliphatic heterocycles. The summed E-state index contributed by atoms with van der Waals surface area (Å²) < 4.78 is 0. The van der Waals surface area contributed by atoms with Crippen molar-refractivity contribution in [3.8, 4) is 0 Å². The molecule has 0 aromatic carbocycles. The molecule has 2 aliphatic rings. The maximum atomic E-state index is 12.1. The summed E-state index contributed by atoms with van der Waals surface area (Å²) in [5, 5.41) is 3.04. The van der Waals surface area contributed by atoms with E-state index in [2.05, 4.69) is 20.2 Å². The molecule has 0 atom stereocenters. The van der Waals surface area contributed by atoms with Crippen molar-refractivity contribution in [1.29, 1.82) is 0 Å². The van der Waals surface area contributed by atoms with E-state index in [0.717, 1.165) is 37.0 Å². The Morgan fingerprint density at radius 1 is 1.40 bits per heavy atom. The first kappa shape index (κ1) is 13.9. The first-order chi connectivity index (χ1) is 9.72. The number of nitrogens with one attached hydrogen (secondary N) is 1. The minimum absolute atomic E-state index is 0.136. The second-order valence-corrected chi connectivity index (χ2v) is 6.70. The van der Waals surface area contributed by atoms with E-state index in [0.29, 0.717) is 11.6 Å². The normalized spacial score (nSPS) is 18.9. The lowest BCUT2D eigenvalue weighted by molar-refractivity contribution is 0.0946. The van der Waals surface area contributed by atoms with Crippen molar-refractivity contribution in [3.63, 3.8) is 0 Å². The number of hydrogen-bond acceptors (Lipinski definition) is 5. The summed E-state index contributed by atoms with van der Waals surface area (Å²) in [6.07, 6.45) is 2.42. The highest BCUT2D eigenvalue weighted by atomic mass is 35.5. The van der Waals surface area contributed by atoms with Gasteiger partial charge in [0, 0.05) is 37.2 Å². The van der Waals surface area contributed by atoms with E-state index < -0.39 is 0 Å². The smallest absolute Gasteiger partial charge is 0.270 e. The number of rotatable bonds is 4. The topological polar surface area (TPSA) is 58.1 Å². The van der Waals surface area contributed by atoms with Crippen LogP contribution in [0, 0.1) is 5.92 Å². The Balaban J connectivity index is 1.72. The van der Waals surface area contributed by atoms with Crippen LogP contribution in [-0.2, 0) is 0 Å². The molecule has 0 unspecified atom stereocenters. The number of nitrogens with zero attached hydrogens (tertiary/aromatic N) is 3. The van der Waals surface area contributed by atoms with Gasteiger partial charge in [0.05, 0.1) is 0 Å². The Labute approximate surface area is 127 Å². The standard InChI is InChI=1S/C13H17ClN4OS/c14-13-16-10(12(19)15-8-9-1-2-9)7-11(17-13)18-3-5-20-6-4-18/h7,9H,1-6,8H2,(H,15,19). The third-order valence-electron chi connectivity index (χ3n) is 3.50. The summed E-state index contributed by atoms with van der Waals surface area (Å²) in [7, 11) is 0. The highest BCUT2D eigenvalue weighted by Crippen LogP contribution is 2.27. The molecule has 0 radical (unpaired) electrons. The summed E-state index contributed by atoms with van der Waals surface area (Å²) in [5.41, 5.74) is 0.360. The summed E-state index contributed by atoms with van der Waals surface area (Å²) in [4.78, 5) is 22.5. The average Bonchev–Trinajstić information content (AvgIpc) is 3.29. The van der Waals surface area contributed by atoms with E-state index in [9.17, 15) is 4.79 Å². The Hall–Kier alpha value is -1.01. The second-order valence-electron chi connectivity index (χ2n) is 5.13. The van der Waals surface area contributed by atoms with Crippen LogP contribution in [0.2, 0.25) is 5.28 Å². The zero-order valence-corrected chi connectivity index (χ0v) is 12.7. The van der Waals surface area contributed by atoms with E-state index in [1.807, 2.05) is 11.8 Å². The maximum Gasteiger partial charge on any atom is 0.270 e. The number of anilines is 1. The SMILES string of the molecule is O=C(NCC1CC1)c1cc(N2CCSCC2)nc(Cl)n1. The molecule has 2 heterocycles. The van der Waals surface area contributed by atoms with Gasteiger partial charge in [-0.1, -0.05) is 0 Å². The minimum atomic E-state index is -0.158. The van der Waals surface area contributed by atoms with E-state index in [-0.39, 0.29) is 11.2 Å². The zero-order chi connectivity index (χ0) is 13.9. The van der Waals surface area contributed by atoms with Crippen molar-refractivity contribution < 1.29 is 4.79 Å². The molecule has 1 saturated heterocycles. The van der Waals surface area contributed by atoms with Gasteiger partial charge >= 0.3 is 0 Å². The fourth-order valence-electron chi connectivity index (χ4n) is 2.13. The lowest BCUT2D eigenvalue weighted by atomic mass is 10.3. The van der Waals surface area contributed by atoms with Crippen molar-refractivity contribution in [2.75, 3.05) is 36.0 Å². The number of carbonyl (C=O) groups is 1. The highest BCUT2D eigenvalue weighted by Gasteiger charge is 2.23. The lowest BCUT2D eigenvalue weighted by Crippen LogP contribution is -2.34. The van der Waals surface area contributed by atoms with Crippen LogP contribution in [0.3, 0.4) is 0 Å². The van der Waals surface area contributed by atoms with Gasteiger partial charge in [-0.15, -0.1) is 0 Å². The van der Waals surface area contributed by atoms with Gasteiger partial charge in [-0.2, -0.15) is 11.8 Å². The predicted octanol–water partition coefficient (Wildman–Crippen LogP) is 1.82.